The third kappa shape index (κ3) is 4.62. The summed E-state index contributed by atoms with van der Waals surface area (Å²) in [5.41, 5.74) is 8.11. The summed E-state index contributed by atoms with van der Waals surface area (Å²) in [6.45, 7) is 6.84. The Morgan fingerprint density at radius 2 is 1.77 bits per heavy atom. The van der Waals surface area contributed by atoms with Crippen molar-refractivity contribution in [3.63, 3.8) is 0 Å². The molecule has 0 radical (unpaired) electrons. The smallest absolute Gasteiger partial charge is 0.204 e. The third-order valence-corrected chi connectivity index (χ3v) is 5.19. The zero-order valence-electron chi connectivity index (χ0n) is 18.7. The number of methoxy groups -OCH3 is 3. The maximum atomic E-state index is 6.65. The van der Waals surface area contributed by atoms with Crippen LogP contribution >= 0.6 is 11.6 Å². The summed E-state index contributed by atoms with van der Waals surface area (Å²) in [6.07, 6.45) is 0.510. The van der Waals surface area contributed by atoms with Crippen LogP contribution in [0.1, 0.15) is 31.1 Å². The number of hydrogen-bond acceptors (Lipinski definition) is 8. The van der Waals surface area contributed by atoms with Crippen molar-refractivity contribution >= 4 is 28.6 Å². The van der Waals surface area contributed by atoms with E-state index in [1.54, 1.807) is 14.0 Å². The van der Waals surface area contributed by atoms with Gasteiger partial charge in [-0.3, -0.25) is 0 Å². The van der Waals surface area contributed by atoms with E-state index in [1.165, 1.54) is 14.2 Å². The van der Waals surface area contributed by atoms with Crippen LogP contribution in [0.2, 0.25) is 5.02 Å². The molecule has 0 atom stereocenters. The Morgan fingerprint density at radius 3 is 2.39 bits per heavy atom. The van der Waals surface area contributed by atoms with Crippen molar-refractivity contribution in [3.8, 4) is 17.2 Å². The van der Waals surface area contributed by atoms with E-state index in [-0.39, 0.29) is 6.10 Å². The van der Waals surface area contributed by atoms with E-state index < -0.39 is 0 Å². The fourth-order valence-electron chi connectivity index (χ4n) is 3.40. The minimum absolute atomic E-state index is 0.115. The van der Waals surface area contributed by atoms with Gasteiger partial charge in [0, 0.05) is 13.0 Å². The van der Waals surface area contributed by atoms with Crippen molar-refractivity contribution in [2.75, 3.05) is 33.7 Å². The number of benzene rings is 1. The molecule has 2 aromatic heterocycles. The number of ether oxygens (including phenoxy) is 4. The first-order valence-corrected chi connectivity index (χ1v) is 10.3. The number of nitrogens with zero attached hydrogens (tertiary/aromatic N) is 4. The van der Waals surface area contributed by atoms with Gasteiger partial charge in [-0.2, -0.15) is 0 Å². The highest BCUT2D eigenvalue weighted by Crippen LogP contribution is 2.45. The predicted octanol–water partition coefficient (Wildman–Crippen LogP) is 3.41. The summed E-state index contributed by atoms with van der Waals surface area (Å²) in [5.74, 6) is 2.99. The second-order valence-corrected chi connectivity index (χ2v) is 7.60. The fourth-order valence-corrected chi connectivity index (χ4v) is 3.68. The molecule has 0 aliphatic carbocycles. The summed E-state index contributed by atoms with van der Waals surface area (Å²) < 4.78 is 24.1. The predicted molar refractivity (Wildman–Crippen MR) is 119 cm³/mol. The number of halogens is 1. The van der Waals surface area contributed by atoms with Crippen molar-refractivity contribution in [3.05, 3.63) is 28.3 Å². The van der Waals surface area contributed by atoms with E-state index in [4.69, 9.17) is 41.3 Å². The number of aryl methyl sites for hydroxylation is 1. The van der Waals surface area contributed by atoms with Gasteiger partial charge < -0.3 is 29.2 Å². The Morgan fingerprint density at radius 1 is 1.06 bits per heavy atom. The van der Waals surface area contributed by atoms with Gasteiger partial charge in [0.25, 0.3) is 0 Å². The lowest BCUT2D eigenvalue weighted by Crippen LogP contribution is -2.14. The SMILES string of the molecule is COc1cc(Cc2nc3c(N)nc(C)nc3n2CCOC(C)C)c(Cl)c(OC)c1OC. The highest BCUT2D eigenvalue weighted by atomic mass is 35.5. The summed E-state index contributed by atoms with van der Waals surface area (Å²) in [7, 11) is 4.63. The Bertz CT molecular complexity index is 1080. The Labute approximate surface area is 186 Å². The van der Waals surface area contributed by atoms with Crippen molar-refractivity contribution < 1.29 is 18.9 Å². The molecule has 10 heteroatoms. The summed E-state index contributed by atoms with van der Waals surface area (Å²) in [4.78, 5) is 13.5. The van der Waals surface area contributed by atoms with Crippen molar-refractivity contribution in [2.24, 2.45) is 0 Å². The molecule has 3 aromatic rings. The van der Waals surface area contributed by atoms with E-state index in [2.05, 4.69) is 9.97 Å². The zero-order chi connectivity index (χ0) is 22.7. The van der Waals surface area contributed by atoms with Crippen LogP contribution in [-0.4, -0.2) is 53.6 Å². The molecule has 2 N–H and O–H groups in total. The molecule has 0 saturated heterocycles. The molecular formula is C21H28ClN5O4. The largest absolute Gasteiger partial charge is 0.493 e. The minimum Gasteiger partial charge on any atom is -0.493 e. The number of hydrogen-bond donors (Lipinski definition) is 1. The second-order valence-electron chi connectivity index (χ2n) is 7.22. The molecule has 0 fully saturated rings. The van der Waals surface area contributed by atoms with Crippen molar-refractivity contribution in [2.45, 2.75) is 39.8 Å². The van der Waals surface area contributed by atoms with Crippen LogP contribution < -0.4 is 19.9 Å². The van der Waals surface area contributed by atoms with Gasteiger partial charge in [-0.1, -0.05) is 11.6 Å². The molecule has 31 heavy (non-hydrogen) atoms. The van der Waals surface area contributed by atoms with Gasteiger partial charge in [-0.25, -0.2) is 15.0 Å². The number of imidazole rings is 1. The topological polar surface area (TPSA) is 107 Å². The quantitative estimate of drug-likeness (QED) is 0.529. The number of nitrogens with two attached hydrogens (primary N) is 1. The molecule has 0 bridgehead atoms. The lowest BCUT2D eigenvalue weighted by molar-refractivity contribution is 0.0728. The first kappa shape index (κ1) is 22.9. The maximum absolute atomic E-state index is 6.65. The maximum Gasteiger partial charge on any atom is 0.204 e. The highest BCUT2D eigenvalue weighted by Gasteiger charge is 2.22. The number of rotatable bonds is 9. The molecule has 0 unspecified atom stereocenters. The highest BCUT2D eigenvalue weighted by molar-refractivity contribution is 6.33. The standard InChI is InChI=1S/C21H28ClN5O4/c1-11(2)31-8-7-27-15(26-17-20(23)24-12(3)25-21(17)27)10-13-9-14(28-4)18(29-5)19(30-6)16(13)22/h9,11H,7-8,10H2,1-6H3,(H2,23,24,25). The summed E-state index contributed by atoms with van der Waals surface area (Å²) in [5, 5.41) is 0.424. The Balaban J connectivity index is 2.11. The van der Waals surface area contributed by atoms with Crippen molar-refractivity contribution in [1.82, 2.24) is 19.5 Å². The van der Waals surface area contributed by atoms with Gasteiger partial charge in [0.1, 0.15) is 11.6 Å². The van der Waals surface area contributed by atoms with E-state index in [0.29, 0.717) is 64.6 Å². The average molecular weight is 450 g/mol. The van der Waals surface area contributed by atoms with Gasteiger partial charge >= 0.3 is 0 Å². The molecule has 9 nitrogen and oxygen atoms in total. The first-order valence-electron chi connectivity index (χ1n) is 9.88. The van der Waals surface area contributed by atoms with Crippen LogP contribution in [0.3, 0.4) is 0 Å². The number of anilines is 1. The van der Waals surface area contributed by atoms with Gasteiger partial charge in [0.2, 0.25) is 5.75 Å². The molecular weight excluding hydrogens is 422 g/mol. The molecule has 0 spiro atoms. The van der Waals surface area contributed by atoms with Gasteiger partial charge in [-0.15, -0.1) is 0 Å². The lowest BCUT2D eigenvalue weighted by atomic mass is 10.1. The molecule has 1 aromatic carbocycles. The van der Waals surface area contributed by atoms with Gasteiger partial charge in [-0.05, 0) is 32.4 Å². The lowest BCUT2D eigenvalue weighted by Gasteiger charge is -2.17. The zero-order valence-corrected chi connectivity index (χ0v) is 19.4. The van der Waals surface area contributed by atoms with E-state index in [1.807, 2.05) is 24.5 Å². The third-order valence-electron chi connectivity index (χ3n) is 4.77. The van der Waals surface area contributed by atoms with Crippen LogP contribution in [-0.2, 0) is 17.7 Å². The van der Waals surface area contributed by atoms with Crippen LogP contribution in [0.5, 0.6) is 17.2 Å². The Hall–Kier alpha value is -2.78. The number of fused-ring (bicyclic) bond motifs is 1. The van der Waals surface area contributed by atoms with E-state index in [0.717, 1.165) is 11.4 Å². The van der Waals surface area contributed by atoms with Crippen LogP contribution in [0.4, 0.5) is 5.82 Å². The average Bonchev–Trinajstić information content (AvgIpc) is 3.06. The van der Waals surface area contributed by atoms with Crippen LogP contribution in [0.25, 0.3) is 11.2 Å². The van der Waals surface area contributed by atoms with Crippen LogP contribution in [0, 0.1) is 6.92 Å². The first-order chi connectivity index (χ1) is 14.8. The molecule has 168 valence electrons. The summed E-state index contributed by atoms with van der Waals surface area (Å²) >= 11 is 6.65. The Kier molecular flexibility index (Phi) is 7.07. The number of nitrogen functional groups attached to an aromatic ring is 1. The molecule has 0 saturated carbocycles. The second kappa shape index (κ2) is 9.57. The normalized spacial score (nSPS) is 11.4. The fraction of sp³-hybridized carbons (Fsp3) is 0.476. The van der Waals surface area contributed by atoms with Gasteiger partial charge in [0.05, 0.1) is 39.1 Å². The molecule has 0 aliphatic heterocycles. The number of aromatic nitrogens is 4. The van der Waals surface area contributed by atoms with E-state index >= 15 is 0 Å². The van der Waals surface area contributed by atoms with Gasteiger partial charge in [0.15, 0.2) is 28.5 Å². The van der Waals surface area contributed by atoms with Crippen molar-refractivity contribution in [1.29, 1.82) is 0 Å². The van der Waals surface area contributed by atoms with Crippen LogP contribution in [0.15, 0.2) is 6.07 Å². The molecule has 0 aliphatic rings. The molecule has 0 amide bonds. The minimum atomic E-state index is 0.115. The van der Waals surface area contributed by atoms with E-state index in [9.17, 15) is 0 Å². The monoisotopic (exact) mass is 449 g/mol. The summed E-state index contributed by atoms with van der Waals surface area (Å²) in [6, 6.07) is 1.82. The molecule has 3 rings (SSSR count). The molecule has 2 heterocycles.